The molecule has 98 valence electrons. The maximum absolute atomic E-state index is 12.3. The van der Waals surface area contributed by atoms with Crippen LogP contribution in [0, 0.1) is 5.92 Å². The lowest BCUT2D eigenvalue weighted by Gasteiger charge is -2.21. The Hall–Kier alpha value is -2.03. The first-order chi connectivity index (χ1) is 9.33. The number of hydrogen-bond donors (Lipinski definition) is 0. The van der Waals surface area contributed by atoms with E-state index in [4.69, 9.17) is 4.42 Å². The quantitative estimate of drug-likeness (QED) is 0.822. The molecule has 3 nitrogen and oxygen atoms in total. The monoisotopic (exact) mass is 255 g/mol. The van der Waals surface area contributed by atoms with Crippen LogP contribution in [0.1, 0.15) is 24.2 Å². The van der Waals surface area contributed by atoms with E-state index in [9.17, 15) is 4.79 Å². The second-order valence-electron chi connectivity index (χ2n) is 5.03. The number of benzene rings is 1. The lowest BCUT2D eigenvalue weighted by molar-refractivity contribution is -0.134. The van der Waals surface area contributed by atoms with Gasteiger partial charge in [-0.25, -0.2) is 0 Å². The van der Waals surface area contributed by atoms with Crippen molar-refractivity contribution in [3.63, 3.8) is 0 Å². The van der Waals surface area contributed by atoms with Gasteiger partial charge in [0.1, 0.15) is 5.76 Å². The minimum atomic E-state index is 0.235. The normalized spacial score (nSPS) is 14.3. The van der Waals surface area contributed by atoms with Crippen molar-refractivity contribution in [3.8, 4) is 0 Å². The van der Waals surface area contributed by atoms with Crippen LogP contribution in [0.2, 0.25) is 0 Å². The molecule has 1 aromatic heterocycles. The van der Waals surface area contributed by atoms with E-state index < -0.39 is 0 Å². The molecule has 0 spiro atoms. The summed E-state index contributed by atoms with van der Waals surface area (Å²) in [7, 11) is 0. The summed E-state index contributed by atoms with van der Waals surface area (Å²) >= 11 is 0. The van der Waals surface area contributed by atoms with Crippen LogP contribution < -0.4 is 0 Å². The fourth-order valence-corrected chi connectivity index (χ4v) is 2.19. The Balaban J connectivity index is 1.74. The Morgan fingerprint density at radius 1 is 1.11 bits per heavy atom. The number of rotatable bonds is 5. The van der Waals surface area contributed by atoms with E-state index in [1.807, 2.05) is 35.2 Å². The van der Waals surface area contributed by atoms with Crippen LogP contribution in [0.5, 0.6) is 0 Å². The van der Waals surface area contributed by atoms with Gasteiger partial charge in [0.05, 0.1) is 12.8 Å². The van der Waals surface area contributed by atoms with E-state index >= 15 is 0 Å². The number of nitrogens with zero attached hydrogens (tertiary/aromatic N) is 1. The number of hydrogen-bond acceptors (Lipinski definition) is 2. The molecule has 0 aliphatic heterocycles. The molecular formula is C16H17NO2. The zero-order valence-corrected chi connectivity index (χ0v) is 10.8. The van der Waals surface area contributed by atoms with Crippen LogP contribution in [0.3, 0.4) is 0 Å². The van der Waals surface area contributed by atoms with E-state index in [-0.39, 0.29) is 11.8 Å². The second kappa shape index (κ2) is 5.31. The average Bonchev–Trinajstić information content (AvgIpc) is 3.17. The maximum Gasteiger partial charge on any atom is 0.226 e. The number of carbonyl (C=O) groups is 1. The lowest BCUT2D eigenvalue weighted by atomic mass is 10.2. The topological polar surface area (TPSA) is 33.5 Å². The van der Waals surface area contributed by atoms with E-state index in [0.717, 1.165) is 24.2 Å². The highest BCUT2D eigenvalue weighted by Crippen LogP contribution is 2.32. The van der Waals surface area contributed by atoms with E-state index in [2.05, 4.69) is 12.1 Å². The van der Waals surface area contributed by atoms with Crippen LogP contribution in [-0.2, 0) is 17.9 Å². The van der Waals surface area contributed by atoms with E-state index in [0.29, 0.717) is 13.1 Å². The Labute approximate surface area is 112 Å². The van der Waals surface area contributed by atoms with Crippen molar-refractivity contribution in [1.29, 1.82) is 0 Å². The van der Waals surface area contributed by atoms with E-state index in [1.165, 1.54) is 0 Å². The SMILES string of the molecule is O=C(C1CC1)N(Cc1ccccc1)Cc1ccco1. The summed E-state index contributed by atoms with van der Waals surface area (Å²) in [6, 6.07) is 13.9. The third-order valence-corrected chi connectivity index (χ3v) is 3.38. The zero-order valence-electron chi connectivity index (χ0n) is 10.8. The van der Waals surface area contributed by atoms with Gasteiger partial charge in [-0.3, -0.25) is 4.79 Å². The minimum Gasteiger partial charge on any atom is -0.467 e. The number of carbonyl (C=O) groups excluding carboxylic acids is 1. The summed E-state index contributed by atoms with van der Waals surface area (Å²) in [4.78, 5) is 14.2. The molecule has 0 saturated heterocycles. The third-order valence-electron chi connectivity index (χ3n) is 3.38. The molecule has 1 aliphatic rings. The summed E-state index contributed by atoms with van der Waals surface area (Å²) in [5.74, 6) is 1.32. The largest absolute Gasteiger partial charge is 0.467 e. The van der Waals surface area contributed by atoms with E-state index in [1.54, 1.807) is 6.26 Å². The molecule has 1 aromatic carbocycles. The molecular weight excluding hydrogens is 238 g/mol. The highest BCUT2D eigenvalue weighted by molar-refractivity contribution is 5.81. The first-order valence-electron chi connectivity index (χ1n) is 6.68. The smallest absolute Gasteiger partial charge is 0.226 e. The third kappa shape index (κ3) is 3.05. The molecule has 0 unspecified atom stereocenters. The minimum absolute atomic E-state index is 0.235. The molecule has 3 heteroatoms. The second-order valence-corrected chi connectivity index (χ2v) is 5.03. The Bertz CT molecular complexity index is 529. The first kappa shape index (κ1) is 12.0. The van der Waals surface area contributed by atoms with Crippen molar-refractivity contribution in [2.24, 2.45) is 5.92 Å². The van der Waals surface area contributed by atoms with Crippen molar-refractivity contribution in [1.82, 2.24) is 4.90 Å². The first-order valence-corrected chi connectivity index (χ1v) is 6.68. The summed E-state index contributed by atoms with van der Waals surface area (Å²) in [6.45, 7) is 1.20. The lowest BCUT2D eigenvalue weighted by Crippen LogP contribution is -2.31. The predicted molar refractivity (Wildman–Crippen MR) is 72.1 cm³/mol. The molecule has 1 saturated carbocycles. The Kier molecular flexibility index (Phi) is 3.36. The van der Waals surface area contributed by atoms with Gasteiger partial charge in [0.15, 0.2) is 0 Å². The van der Waals surface area contributed by atoms with Crippen molar-refractivity contribution in [3.05, 3.63) is 60.1 Å². The molecule has 1 aliphatic carbocycles. The zero-order chi connectivity index (χ0) is 13.1. The van der Waals surface area contributed by atoms with Crippen molar-refractivity contribution >= 4 is 5.91 Å². The molecule has 0 N–H and O–H groups in total. The molecule has 3 rings (SSSR count). The fraction of sp³-hybridized carbons (Fsp3) is 0.312. The Morgan fingerprint density at radius 3 is 2.53 bits per heavy atom. The fourth-order valence-electron chi connectivity index (χ4n) is 2.19. The van der Waals surface area contributed by atoms with Crippen LogP contribution in [0.25, 0.3) is 0 Å². The van der Waals surface area contributed by atoms with Crippen molar-refractivity contribution < 1.29 is 9.21 Å². The van der Waals surface area contributed by atoms with Gasteiger partial charge in [0.25, 0.3) is 0 Å². The highest BCUT2D eigenvalue weighted by Gasteiger charge is 2.33. The number of amides is 1. The summed E-state index contributed by atoms with van der Waals surface area (Å²) in [5.41, 5.74) is 1.16. The van der Waals surface area contributed by atoms with Crippen LogP contribution in [-0.4, -0.2) is 10.8 Å². The van der Waals surface area contributed by atoms with Gasteiger partial charge in [-0.1, -0.05) is 30.3 Å². The predicted octanol–water partition coefficient (Wildman–Crippen LogP) is 3.22. The van der Waals surface area contributed by atoms with Crippen LogP contribution in [0.15, 0.2) is 53.1 Å². The summed E-state index contributed by atoms with van der Waals surface area (Å²) in [5, 5.41) is 0. The molecule has 0 bridgehead atoms. The average molecular weight is 255 g/mol. The standard InChI is InChI=1S/C16H17NO2/c18-16(14-8-9-14)17(12-15-7-4-10-19-15)11-13-5-2-1-3-6-13/h1-7,10,14H,8-9,11-12H2. The van der Waals surface area contributed by atoms with Gasteiger partial charge in [-0.15, -0.1) is 0 Å². The molecule has 1 amide bonds. The van der Waals surface area contributed by atoms with Gasteiger partial charge in [0, 0.05) is 12.5 Å². The van der Waals surface area contributed by atoms with Gasteiger partial charge in [-0.05, 0) is 30.5 Å². The van der Waals surface area contributed by atoms with Gasteiger partial charge in [0.2, 0.25) is 5.91 Å². The van der Waals surface area contributed by atoms with Gasteiger partial charge < -0.3 is 9.32 Å². The van der Waals surface area contributed by atoms with Crippen LogP contribution >= 0.6 is 0 Å². The molecule has 2 aromatic rings. The summed E-state index contributed by atoms with van der Waals surface area (Å²) in [6.07, 6.45) is 3.71. The van der Waals surface area contributed by atoms with Crippen LogP contribution in [0.4, 0.5) is 0 Å². The van der Waals surface area contributed by atoms with Crippen molar-refractivity contribution in [2.75, 3.05) is 0 Å². The van der Waals surface area contributed by atoms with Gasteiger partial charge >= 0.3 is 0 Å². The van der Waals surface area contributed by atoms with Gasteiger partial charge in [-0.2, -0.15) is 0 Å². The maximum atomic E-state index is 12.3. The Morgan fingerprint density at radius 2 is 1.89 bits per heavy atom. The highest BCUT2D eigenvalue weighted by atomic mass is 16.3. The molecule has 19 heavy (non-hydrogen) atoms. The molecule has 0 radical (unpaired) electrons. The molecule has 1 fully saturated rings. The molecule has 1 heterocycles. The van der Waals surface area contributed by atoms with Crippen molar-refractivity contribution in [2.45, 2.75) is 25.9 Å². The molecule has 0 atom stereocenters. The summed E-state index contributed by atoms with van der Waals surface area (Å²) < 4.78 is 5.36. The number of furan rings is 1.